The largest absolute Gasteiger partial charge is 0.312 e. The monoisotopic (exact) mass is 255 g/mol. The molecule has 2 atom stereocenters. The summed E-state index contributed by atoms with van der Waals surface area (Å²) in [5, 5.41) is 3.86. The molecule has 1 saturated carbocycles. The van der Waals surface area contributed by atoms with Gasteiger partial charge in [0.05, 0.1) is 0 Å². The molecule has 1 fully saturated rings. The zero-order valence-electron chi connectivity index (χ0n) is 10.2. The number of nitrogens with one attached hydrogen (secondary N) is 1. The van der Waals surface area contributed by atoms with Gasteiger partial charge in [-0.25, -0.2) is 4.39 Å². The lowest BCUT2D eigenvalue weighted by Gasteiger charge is -2.11. The molecule has 94 valence electrons. The predicted octanol–water partition coefficient (Wildman–Crippen LogP) is 4.00. The second-order valence-electron chi connectivity index (χ2n) is 5.19. The number of rotatable bonds is 4. The summed E-state index contributed by atoms with van der Waals surface area (Å²) in [6, 6.07) is 4.69. The lowest BCUT2D eigenvalue weighted by molar-refractivity contribution is 0.470. The summed E-state index contributed by atoms with van der Waals surface area (Å²) in [4.78, 5) is 0. The first-order chi connectivity index (χ1) is 8.13. The molecule has 1 aromatic rings. The maximum Gasteiger partial charge on any atom is 0.125 e. The van der Waals surface area contributed by atoms with Crippen LogP contribution in [0.25, 0.3) is 0 Å². The van der Waals surface area contributed by atoms with Gasteiger partial charge in [-0.2, -0.15) is 0 Å². The lowest BCUT2D eigenvalue weighted by atomic mass is 10.1. The zero-order chi connectivity index (χ0) is 12.3. The molecule has 0 aromatic heterocycles. The van der Waals surface area contributed by atoms with Gasteiger partial charge in [0.2, 0.25) is 0 Å². The summed E-state index contributed by atoms with van der Waals surface area (Å²) < 4.78 is 13.1. The molecule has 0 aliphatic heterocycles. The van der Waals surface area contributed by atoms with Crippen molar-refractivity contribution in [3.05, 3.63) is 34.6 Å². The van der Waals surface area contributed by atoms with Gasteiger partial charge in [0, 0.05) is 11.6 Å². The van der Waals surface area contributed by atoms with E-state index in [0.717, 1.165) is 23.9 Å². The van der Waals surface area contributed by atoms with E-state index in [9.17, 15) is 4.39 Å². The Bertz CT molecular complexity index is 360. The minimum Gasteiger partial charge on any atom is -0.312 e. The Morgan fingerprint density at radius 3 is 2.82 bits per heavy atom. The summed E-state index contributed by atoms with van der Waals surface area (Å²) in [7, 11) is 0. The lowest BCUT2D eigenvalue weighted by Crippen LogP contribution is -2.21. The number of benzene rings is 1. The van der Waals surface area contributed by atoms with E-state index in [1.807, 2.05) is 6.07 Å². The molecule has 1 aliphatic rings. The van der Waals surface area contributed by atoms with Crippen molar-refractivity contribution in [2.45, 2.75) is 32.7 Å². The Morgan fingerprint density at radius 2 is 2.18 bits per heavy atom. The Hall–Kier alpha value is -0.600. The minimum absolute atomic E-state index is 0.260. The van der Waals surface area contributed by atoms with Crippen LogP contribution in [0.4, 0.5) is 4.39 Å². The molecule has 0 saturated heterocycles. The highest BCUT2D eigenvalue weighted by Gasteiger charge is 2.20. The van der Waals surface area contributed by atoms with Crippen LogP contribution in [0.15, 0.2) is 18.2 Å². The molecule has 1 aliphatic carbocycles. The molecule has 0 heterocycles. The molecule has 2 rings (SSSR count). The van der Waals surface area contributed by atoms with Crippen molar-refractivity contribution in [1.82, 2.24) is 5.32 Å². The van der Waals surface area contributed by atoms with Crippen molar-refractivity contribution < 1.29 is 4.39 Å². The van der Waals surface area contributed by atoms with Crippen molar-refractivity contribution in [1.29, 1.82) is 0 Å². The van der Waals surface area contributed by atoms with Gasteiger partial charge < -0.3 is 5.32 Å². The van der Waals surface area contributed by atoms with Gasteiger partial charge in [0.1, 0.15) is 5.82 Å². The SMILES string of the molecule is CC1CCC(CNCc2cc(F)cc(Cl)c2)C1. The molecule has 0 bridgehead atoms. The smallest absolute Gasteiger partial charge is 0.125 e. The first-order valence-electron chi connectivity index (χ1n) is 6.29. The van der Waals surface area contributed by atoms with E-state index in [4.69, 9.17) is 11.6 Å². The van der Waals surface area contributed by atoms with Crippen LogP contribution < -0.4 is 5.32 Å². The number of hydrogen-bond acceptors (Lipinski definition) is 1. The molecule has 0 spiro atoms. The third-order valence-corrected chi connectivity index (χ3v) is 3.71. The maximum absolute atomic E-state index is 13.1. The second kappa shape index (κ2) is 5.83. The van der Waals surface area contributed by atoms with E-state index in [-0.39, 0.29) is 5.82 Å². The van der Waals surface area contributed by atoms with Gasteiger partial charge in [0.25, 0.3) is 0 Å². The third kappa shape index (κ3) is 3.97. The molecule has 2 unspecified atom stereocenters. The number of hydrogen-bond donors (Lipinski definition) is 1. The van der Waals surface area contributed by atoms with E-state index < -0.39 is 0 Å². The average Bonchev–Trinajstić information content (AvgIpc) is 2.63. The van der Waals surface area contributed by atoms with Crippen LogP contribution in [0.5, 0.6) is 0 Å². The number of halogens is 2. The van der Waals surface area contributed by atoms with Gasteiger partial charge in [-0.05, 0) is 55.0 Å². The fourth-order valence-corrected chi connectivity index (χ4v) is 2.89. The van der Waals surface area contributed by atoms with Crippen LogP contribution >= 0.6 is 11.6 Å². The van der Waals surface area contributed by atoms with Crippen molar-refractivity contribution in [3.63, 3.8) is 0 Å². The second-order valence-corrected chi connectivity index (χ2v) is 5.63. The molecule has 17 heavy (non-hydrogen) atoms. The Kier molecular flexibility index (Phi) is 4.41. The highest BCUT2D eigenvalue weighted by Crippen LogP contribution is 2.29. The van der Waals surface area contributed by atoms with Crippen LogP contribution in [-0.4, -0.2) is 6.54 Å². The van der Waals surface area contributed by atoms with Crippen LogP contribution in [-0.2, 0) is 6.54 Å². The van der Waals surface area contributed by atoms with Crippen molar-refractivity contribution in [3.8, 4) is 0 Å². The molecule has 1 aromatic carbocycles. The van der Waals surface area contributed by atoms with Crippen LogP contribution in [0, 0.1) is 17.7 Å². The topological polar surface area (TPSA) is 12.0 Å². The molecule has 0 amide bonds. The van der Waals surface area contributed by atoms with Gasteiger partial charge in [-0.15, -0.1) is 0 Å². The van der Waals surface area contributed by atoms with Gasteiger partial charge in [0.15, 0.2) is 0 Å². The molecule has 1 nitrogen and oxygen atoms in total. The summed E-state index contributed by atoms with van der Waals surface area (Å²) in [6.07, 6.45) is 3.98. The third-order valence-electron chi connectivity index (χ3n) is 3.49. The Morgan fingerprint density at radius 1 is 1.35 bits per heavy atom. The van der Waals surface area contributed by atoms with Crippen LogP contribution in [0.1, 0.15) is 31.7 Å². The predicted molar refractivity (Wildman–Crippen MR) is 69.6 cm³/mol. The summed E-state index contributed by atoms with van der Waals surface area (Å²) in [5.41, 5.74) is 0.918. The van der Waals surface area contributed by atoms with Crippen molar-refractivity contribution in [2.24, 2.45) is 11.8 Å². The quantitative estimate of drug-likeness (QED) is 0.857. The maximum atomic E-state index is 13.1. The summed E-state index contributed by atoms with van der Waals surface area (Å²) in [6.45, 7) is 4.03. The summed E-state index contributed by atoms with van der Waals surface area (Å²) in [5.74, 6) is 1.39. The highest BCUT2D eigenvalue weighted by molar-refractivity contribution is 6.30. The van der Waals surface area contributed by atoms with Crippen LogP contribution in [0.2, 0.25) is 5.02 Å². The molecular formula is C14H19ClFN. The van der Waals surface area contributed by atoms with E-state index in [2.05, 4.69) is 12.2 Å². The first-order valence-corrected chi connectivity index (χ1v) is 6.67. The molecular weight excluding hydrogens is 237 g/mol. The van der Waals surface area contributed by atoms with E-state index >= 15 is 0 Å². The van der Waals surface area contributed by atoms with Crippen molar-refractivity contribution in [2.75, 3.05) is 6.54 Å². The molecule has 3 heteroatoms. The normalized spacial score (nSPS) is 24.2. The van der Waals surface area contributed by atoms with E-state index in [1.54, 1.807) is 0 Å². The minimum atomic E-state index is -0.260. The standard InChI is InChI=1S/C14H19ClFN/c1-10-2-3-11(4-10)8-17-9-12-5-13(15)7-14(16)6-12/h5-7,10-11,17H,2-4,8-9H2,1H3. The Labute approximate surface area is 107 Å². The Balaban J connectivity index is 1.78. The van der Waals surface area contributed by atoms with E-state index in [1.165, 1.54) is 31.4 Å². The average molecular weight is 256 g/mol. The van der Waals surface area contributed by atoms with Crippen LogP contribution in [0.3, 0.4) is 0 Å². The van der Waals surface area contributed by atoms with Gasteiger partial charge in [-0.1, -0.05) is 24.9 Å². The highest BCUT2D eigenvalue weighted by atomic mass is 35.5. The molecule has 1 N–H and O–H groups in total. The first kappa shape index (κ1) is 12.8. The zero-order valence-corrected chi connectivity index (χ0v) is 10.9. The van der Waals surface area contributed by atoms with Gasteiger partial charge in [-0.3, -0.25) is 0 Å². The van der Waals surface area contributed by atoms with Crippen molar-refractivity contribution >= 4 is 11.6 Å². The van der Waals surface area contributed by atoms with E-state index in [0.29, 0.717) is 11.6 Å². The molecule has 0 radical (unpaired) electrons. The fourth-order valence-electron chi connectivity index (χ4n) is 2.64. The summed E-state index contributed by atoms with van der Waals surface area (Å²) >= 11 is 5.81. The fraction of sp³-hybridized carbons (Fsp3) is 0.571. The van der Waals surface area contributed by atoms with Gasteiger partial charge >= 0.3 is 0 Å².